The number of hydrogen-bond acceptors (Lipinski definition) is 6. The molecule has 0 bridgehead atoms. The standard InChI is InChI=1S/C20H27FN4O4S/c1-14(2)19-23-18(29-24-19)4-3-11-22-20(26)15-9-12-25(13-10-15)30(27,28)17-7-5-16(21)6-8-17/h5-8,14-15H,3-4,9-13H2,1-2H3,(H,22,26). The van der Waals surface area contributed by atoms with E-state index in [0.29, 0.717) is 43.9 Å². The molecule has 0 spiro atoms. The van der Waals surface area contributed by atoms with E-state index in [1.165, 1.54) is 16.4 Å². The molecule has 1 saturated heterocycles. The van der Waals surface area contributed by atoms with Crippen LogP contribution in [0.15, 0.2) is 33.7 Å². The average molecular weight is 439 g/mol. The van der Waals surface area contributed by atoms with E-state index in [-0.39, 0.29) is 35.7 Å². The maximum absolute atomic E-state index is 13.0. The minimum Gasteiger partial charge on any atom is -0.356 e. The van der Waals surface area contributed by atoms with Gasteiger partial charge in [-0.25, -0.2) is 12.8 Å². The van der Waals surface area contributed by atoms with Gasteiger partial charge in [0.25, 0.3) is 0 Å². The van der Waals surface area contributed by atoms with Crippen molar-refractivity contribution in [3.05, 3.63) is 41.8 Å². The molecule has 10 heteroatoms. The van der Waals surface area contributed by atoms with Crippen LogP contribution in [0.1, 0.15) is 50.7 Å². The number of benzene rings is 1. The summed E-state index contributed by atoms with van der Waals surface area (Å²) >= 11 is 0. The Morgan fingerprint density at radius 3 is 2.53 bits per heavy atom. The maximum atomic E-state index is 13.0. The summed E-state index contributed by atoms with van der Waals surface area (Å²) in [6.07, 6.45) is 2.18. The summed E-state index contributed by atoms with van der Waals surface area (Å²) in [4.78, 5) is 16.8. The number of nitrogens with zero attached hydrogens (tertiary/aromatic N) is 3. The van der Waals surface area contributed by atoms with Gasteiger partial charge in [0.05, 0.1) is 4.90 Å². The van der Waals surface area contributed by atoms with Gasteiger partial charge in [0, 0.05) is 37.9 Å². The quantitative estimate of drug-likeness (QED) is 0.635. The summed E-state index contributed by atoms with van der Waals surface area (Å²) < 4.78 is 44.9. The Kier molecular flexibility index (Phi) is 7.19. The Labute approximate surface area is 175 Å². The van der Waals surface area contributed by atoms with Gasteiger partial charge in [-0.3, -0.25) is 4.79 Å². The van der Waals surface area contributed by atoms with E-state index in [4.69, 9.17) is 4.52 Å². The molecule has 1 fully saturated rings. The molecule has 0 saturated carbocycles. The van der Waals surface area contributed by atoms with Gasteiger partial charge in [0.1, 0.15) is 5.82 Å². The minimum absolute atomic E-state index is 0.0634. The first-order chi connectivity index (χ1) is 14.3. The van der Waals surface area contributed by atoms with E-state index in [1.807, 2.05) is 13.8 Å². The third kappa shape index (κ3) is 5.42. The Morgan fingerprint density at radius 2 is 1.93 bits per heavy atom. The first kappa shape index (κ1) is 22.4. The molecule has 1 amide bonds. The molecule has 1 aromatic carbocycles. The lowest BCUT2D eigenvalue weighted by Crippen LogP contribution is -2.43. The minimum atomic E-state index is -3.67. The van der Waals surface area contributed by atoms with Gasteiger partial charge in [0.2, 0.25) is 21.8 Å². The van der Waals surface area contributed by atoms with Crippen molar-refractivity contribution < 1.29 is 22.1 Å². The number of aromatic nitrogens is 2. The number of carbonyl (C=O) groups is 1. The van der Waals surface area contributed by atoms with Gasteiger partial charge < -0.3 is 9.84 Å². The predicted molar refractivity (Wildman–Crippen MR) is 108 cm³/mol. The monoisotopic (exact) mass is 438 g/mol. The molecular formula is C20H27FN4O4S. The van der Waals surface area contributed by atoms with Crippen molar-refractivity contribution in [3.8, 4) is 0 Å². The Bertz CT molecular complexity index is 951. The van der Waals surface area contributed by atoms with Crippen LogP contribution in [0.5, 0.6) is 0 Å². The molecule has 1 aliphatic rings. The number of piperidine rings is 1. The van der Waals surface area contributed by atoms with Crippen molar-refractivity contribution in [1.29, 1.82) is 0 Å². The smallest absolute Gasteiger partial charge is 0.243 e. The highest BCUT2D eigenvalue weighted by atomic mass is 32.2. The van der Waals surface area contributed by atoms with Gasteiger partial charge in [-0.1, -0.05) is 19.0 Å². The molecule has 3 rings (SSSR count). The zero-order valence-electron chi connectivity index (χ0n) is 17.2. The van der Waals surface area contributed by atoms with Crippen molar-refractivity contribution in [2.45, 2.75) is 50.3 Å². The number of carbonyl (C=O) groups excluding carboxylic acids is 1. The zero-order valence-corrected chi connectivity index (χ0v) is 18.0. The number of aryl methyl sites for hydroxylation is 1. The van der Waals surface area contributed by atoms with Crippen LogP contribution in [0, 0.1) is 11.7 Å². The summed E-state index contributed by atoms with van der Waals surface area (Å²) in [5.74, 6) is 0.676. The Morgan fingerprint density at radius 1 is 1.27 bits per heavy atom. The second-order valence-corrected chi connectivity index (χ2v) is 9.67. The SMILES string of the molecule is CC(C)c1noc(CCCNC(=O)C2CCN(S(=O)(=O)c3ccc(F)cc3)CC2)n1. The highest BCUT2D eigenvalue weighted by molar-refractivity contribution is 7.89. The van der Waals surface area contributed by atoms with E-state index in [9.17, 15) is 17.6 Å². The molecule has 0 radical (unpaired) electrons. The number of hydrogen-bond donors (Lipinski definition) is 1. The molecule has 1 N–H and O–H groups in total. The second-order valence-electron chi connectivity index (χ2n) is 7.73. The van der Waals surface area contributed by atoms with Crippen LogP contribution in [0.3, 0.4) is 0 Å². The number of rotatable bonds is 8. The van der Waals surface area contributed by atoms with E-state index < -0.39 is 15.8 Å². The average Bonchev–Trinajstić information content (AvgIpc) is 3.21. The molecule has 1 aliphatic heterocycles. The molecule has 0 unspecified atom stereocenters. The molecule has 30 heavy (non-hydrogen) atoms. The number of sulfonamides is 1. The van der Waals surface area contributed by atoms with Crippen LogP contribution in [-0.4, -0.2) is 48.4 Å². The summed E-state index contributed by atoms with van der Waals surface area (Å²) in [5, 5.41) is 6.82. The van der Waals surface area contributed by atoms with Crippen LogP contribution in [0.25, 0.3) is 0 Å². The zero-order chi connectivity index (χ0) is 21.7. The van der Waals surface area contributed by atoms with Gasteiger partial charge in [0.15, 0.2) is 5.82 Å². The summed E-state index contributed by atoms with van der Waals surface area (Å²) in [5.41, 5.74) is 0. The second kappa shape index (κ2) is 9.65. The van der Waals surface area contributed by atoms with Crippen molar-refractivity contribution in [3.63, 3.8) is 0 Å². The fraction of sp³-hybridized carbons (Fsp3) is 0.550. The molecule has 8 nitrogen and oxygen atoms in total. The molecule has 164 valence electrons. The molecule has 0 atom stereocenters. The summed E-state index contributed by atoms with van der Waals surface area (Å²) in [6.45, 7) is 5.00. The first-order valence-electron chi connectivity index (χ1n) is 10.1. The molecular weight excluding hydrogens is 411 g/mol. The van der Waals surface area contributed by atoms with Crippen LogP contribution in [-0.2, 0) is 21.2 Å². The fourth-order valence-electron chi connectivity index (χ4n) is 3.31. The van der Waals surface area contributed by atoms with Gasteiger partial charge in [-0.15, -0.1) is 0 Å². The van der Waals surface area contributed by atoms with Crippen LogP contribution in [0.2, 0.25) is 0 Å². The lowest BCUT2D eigenvalue weighted by Gasteiger charge is -2.30. The highest BCUT2D eigenvalue weighted by Gasteiger charge is 2.32. The first-order valence-corrected chi connectivity index (χ1v) is 11.6. The van der Waals surface area contributed by atoms with E-state index in [0.717, 1.165) is 12.1 Å². The topological polar surface area (TPSA) is 105 Å². The van der Waals surface area contributed by atoms with Crippen molar-refractivity contribution >= 4 is 15.9 Å². The highest BCUT2D eigenvalue weighted by Crippen LogP contribution is 2.24. The van der Waals surface area contributed by atoms with E-state index >= 15 is 0 Å². The summed E-state index contributed by atoms with van der Waals surface area (Å²) in [7, 11) is -3.67. The van der Waals surface area contributed by atoms with Crippen molar-refractivity contribution in [2.75, 3.05) is 19.6 Å². The van der Waals surface area contributed by atoms with Crippen LogP contribution >= 0.6 is 0 Å². The largest absolute Gasteiger partial charge is 0.356 e. The van der Waals surface area contributed by atoms with Gasteiger partial charge >= 0.3 is 0 Å². The molecule has 2 aromatic rings. The Balaban J connectivity index is 1.42. The van der Waals surface area contributed by atoms with E-state index in [1.54, 1.807) is 0 Å². The Hall–Kier alpha value is -2.33. The maximum Gasteiger partial charge on any atom is 0.243 e. The molecule has 1 aromatic heterocycles. The molecule has 0 aliphatic carbocycles. The fourth-order valence-corrected chi connectivity index (χ4v) is 4.78. The van der Waals surface area contributed by atoms with Gasteiger partial charge in [-0.2, -0.15) is 9.29 Å². The lowest BCUT2D eigenvalue weighted by molar-refractivity contribution is -0.126. The third-order valence-electron chi connectivity index (χ3n) is 5.14. The normalized spacial score (nSPS) is 16.1. The predicted octanol–water partition coefficient (Wildman–Crippen LogP) is 2.48. The summed E-state index contributed by atoms with van der Waals surface area (Å²) in [6, 6.07) is 4.78. The van der Waals surface area contributed by atoms with E-state index in [2.05, 4.69) is 15.5 Å². The third-order valence-corrected chi connectivity index (χ3v) is 7.06. The number of nitrogens with one attached hydrogen (secondary N) is 1. The van der Waals surface area contributed by atoms with Crippen molar-refractivity contribution in [1.82, 2.24) is 19.8 Å². The number of amides is 1. The number of halogens is 1. The van der Waals surface area contributed by atoms with Crippen LogP contribution in [0.4, 0.5) is 4.39 Å². The van der Waals surface area contributed by atoms with Crippen molar-refractivity contribution in [2.24, 2.45) is 5.92 Å². The lowest BCUT2D eigenvalue weighted by atomic mass is 9.97. The van der Waals surface area contributed by atoms with Gasteiger partial charge in [-0.05, 0) is 43.5 Å². The molecule has 2 heterocycles. The van der Waals surface area contributed by atoms with Crippen LogP contribution < -0.4 is 5.32 Å².